The Morgan fingerprint density at radius 1 is 0.857 bits per heavy atom. The second kappa shape index (κ2) is 7.72. The van der Waals surface area contributed by atoms with Crippen LogP contribution in [0, 0.1) is 0 Å². The normalized spacial score (nSPS) is 12.0. The fourth-order valence-electron chi connectivity index (χ4n) is 2.27. The molecule has 0 radical (unpaired) electrons. The van der Waals surface area contributed by atoms with Gasteiger partial charge in [-0.05, 0) is 41.8 Å². The van der Waals surface area contributed by atoms with E-state index in [1.165, 1.54) is 11.1 Å². The third kappa shape index (κ3) is 4.25. The zero-order valence-electron chi connectivity index (χ0n) is 13.1. The maximum absolute atomic E-state index is 5.70. The van der Waals surface area contributed by atoms with E-state index in [2.05, 4.69) is 50.2 Å². The fourth-order valence-corrected chi connectivity index (χ4v) is 2.27. The number of hydrogen-bond acceptors (Lipinski definition) is 2. The molecule has 21 heavy (non-hydrogen) atoms. The van der Waals surface area contributed by atoms with Crippen LogP contribution in [0.5, 0.6) is 11.5 Å². The summed E-state index contributed by atoms with van der Waals surface area (Å²) >= 11 is 0. The van der Waals surface area contributed by atoms with E-state index in [0.29, 0.717) is 5.92 Å². The summed E-state index contributed by atoms with van der Waals surface area (Å²) in [6.45, 7) is 5.18. The Morgan fingerprint density at radius 2 is 1.38 bits per heavy atom. The molecular weight excluding hydrogens is 260 g/mol. The first-order valence-electron chi connectivity index (χ1n) is 7.61. The van der Waals surface area contributed by atoms with Crippen molar-refractivity contribution in [2.24, 2.45) is 0 Å². The maximum Gasteiger partial charge on any atom is 0.119 e. The Labute approximate surface area is 127 Å². The highest BCUT2D eigenvalue weighted by Gasteiger charge is 2.08. The summed E-state index contributed by atoms with van der Waals surface area (Å²) in [5.41, 5.74) is 2.58. The Hall–Kier alpha value is -1.96. The van der Waals surface area contributed by atoms with E-state index in [4.69, 9.17) is 9.47 Å². The first-order chi connectivity index (χ1) is 10.2. The van der Waals surface area contributed by atoms with Crippen LogP contribution in [0.25, 0.3) is 0 Å². The Balaban J connectivity index is 2.02. The molecule has 0 N–H and O–H groups in total. The van der Waals surface area contributed by atoms with Crippen LogP contribution in [0.2, 0.25) is 0 Å². The molecule has 0 aliphatic rings. The molecule has 0 saturated heterocycles. The minimum absolute atomic E-state index is 0.362. The molecule has 0 heterocycles. The first-order valence-corrected chi connectivity index (χ1v) is 7.61. The quantitative estimate of drug-likeness (QED) is 0.664. The SMILES string of the molecule is CCCCOc1ccc(C(C)c2ccc(OC)cc2)cc1. The Kier molecular flexibility index (Phi) is 5.68. The topological polar surface area (TPSA) is 18.5 Å². The van der Waals surface area contributed by atoms with Crippen LogP contribution in [0.1, 0.15) is 43.7 Å². The van der Waals surface area contributed by atoms with Crippen molar-refractivity contribution in [1.82, 2.24) is 0 Å². The second-order valence-corrected chi connectivity index (χ2v) is 5.27. The van der Waals surface area contributed by atoms with E-state index < -0.39 is 0 Å². The average molecular weight is 284 g/mol. The number of ether oxygens (including phenoxy) is 2. The maximum atomic E-state index is 5.70. The molecular formula is C19H24O2. The van der Waals surface area contributed by atoms with Crippen molar-refractivity contribution in [3.8, 4) is 11.5 Å². The van der Waals surface area contributed by atoms with Gasteiger partial charge in [0.1, 0.15) is 11.5 Å². The van der Waals surface area contributed by atoms with Crippen LogP contribution in [-0.2, 0) is 0 Å². The minimum atomic E-state index is 0.362. The molecule has 0 fully saturated rings. The van der Waals surface area contributed by atoms with Crippen molar-refractivity contribution in [2.45, 2.75) is 32.6 Å². The van der Waals surface area contributed by atoms with Crippen LogP contribution >= 0.6 is 0 Å². The van der Waals surface area contributed by atoms with Crippen LogP contribution in [0.3, 0.4) is 0 Å². The van der Waals surface area contributed by atoms with Gasteiger partial charge in [-0.15, -0.1) is 0 Å². The zero-order chi connectivity index (χ0) is 15.1. The van der Waals surface area contributed by atoms with E-state index in [1.54, 1.807) is 7.11 Å². The molecule has 0 bridgehead atoms. The van der Waals surface area contributed by atoms with Gasteiger partial charge < -0.3 is 9.47 Å². The number of benzene rings is 2. The van der Waals surface area contributed by atoms with Crippen LogP contribution in [0.4, 0.5) is 0 Å². The third-order valence-electron chi connectivity index (χ3n) is 3.76. The van der Waals surface area contributed by atoms with Gasteiger partial charge >= 0.3 is 0 Å². The highest BCUT2D eigenvalue weighted by atomic mass is 16.5. The molecule has 2 aromatic rings. The average Bonchev–Trinajstić information content (AvgIpc) is 2.55. The largest absolute Gasteiger partial charge is 0.497 e. The lowest BCUT2D eigenvalue weighted by atomic mass is 9.93. The van der Waals surface area contributed by atoms with E-state index >= 15 is 0 Å². The predicted octanol–water partition coefficient (Wildman–Crippen LogP) is 5.03. The van der Waals surface area contributed by atoms with Crippen molar-refractivity contribution in [2.75, 3.05) is 13.7 Å². The summed E-state index contributed by atoms with van der Waals surface area (Å²) < 4.78 is 10.9. The van der Waals surface area contributed by atoms with Gasteiger partial charge in [-0.3, -0.25) is 0 Å². The Bertz CT molecular complexity index is 528. The van der Waals surface area contributed by atoms with Gasteiger partial charge in [0.15, 0.2) is 0 Å². The molecule has 0 aliphatic heterocycles. The van der Waals surface area contributed by atoms with Crippen molar-refractivity contribution in [3.05, 3.63) is 59.7 Å². The summed E-state index contributed by atoms with van der Waals surface area (Å²) in [7, 11) is 1.69. The lowest BCUT2D eigenvalue weighted by molar-refractivity contribution is 0.309. The zero-order valence-corrected chi connectivity index (χ0v) is 13.1. The lowest BCUT2D eigenvalue weighted by Crippen LogP contribution is -1.98. The number of rotatable bonds is 7. The molecule has 2 nitrogen and oxygen atoms in total. The van der Waals surface area contributed by atoms with Gasteiger partial charge in [0.05, 0.1) is 13.7 Å². The van der Waals surface area contributed by atoms with Crippen molar-refractivity contribution in [3.63, 3.8) is 0 Å². The molecule has 1 unspecified atom stereocenters. The monoisotopic (exact) mass is 284 g/mol. The number of unbranched alkanes of at least 4 members (excludes halogenated alkanes) is 1. The highest BCUT2D eigenvalue weighted by Crippen LogP contribution is 2.27. The van der Waals surface area contributed by atoms with E-state index in [-0.39, 0.29) is 0 Å². The first kappa shape index (κ1) is 15.4. The van der Waals surface area contributed by atoms with Gasteiger partial charge in [0.2, 0.25) is 0 Å². The molecule has 1 atom stereocenters. The van der Waals surface area contributed by atoms with E-state index in [9.17, 15) is 0 Å². The molecule has 0 spiro atoms. The summed E-state index contributed by atoms with van der Waals surface area (Å²) in [5, 5.41) is 0. The standard InChI is InChI=1S/C19H24O2/c1-4-5-14-21-19-12-8-17(9-13-19)15(2)16-6-10-18(20-3)11-7-16/h6-13,15H,4-5,14H2,1-3H3. The van der Waals surface area contributed by atoms with Gasteiger partial charge in [-0.25, -0.2) is 0 Å². The summed E-state index contributed by atoms with van der Waals surface area (Å²) in [6, 6.07) is 16.7. The van der Waals surface area contributed by atoms with Crippen molar-refractivity contribution >= 4 is 0 Å². The van der Waals surface area contributed by atoms with Gasteiger partial charge in [0, 0.05) is 5.92 Å². The van der Waals surface area contributed by atoms with Crippen molar-refractivity contribution < 1.29 is 9.47 Å². The fraction of sp³-hybridized carbons (Fsp3) is 0.368. The molecule has 112 valence electrons. The van der Waals surface area contributed by atoms with Gasteiger partial charge in [-0.2, -0.15) is 0 Å². The van der Waals surface area contributed by atoms with Crippen LogP contribution in [0.15, 0.2) is 48.5 Å². The smallest absolute Gasteiger partial charge is 0.119 e. The third-order valence-corrected chi connectivity index (χ3v) is 3.76. The molecule has 2 heteroatoms. The van der Waals surface area contributed by atoms with Crippen LogP contribution < -0.4 is 9.47 Å². The molecule has 0 aliphatic carbocycles. The highest BCUT2D eigenvalue weighted by molar-refractivity contribution is 5.37. The summed E-state index contributed by atoms with van der Waals surface area (Å²) in [6.07, 6.45) is 2.26. The molecule has 2 aromatic carbocycles. The minimum Gasteiger partial charge on any atom is -0.497 e. The molecule has 0 saturated carbocycles. The molecule has 0 amide bonds. The van der Waals surface area contributed by atoms with E-state index in [1.807, 2.05) is 12.1 Å². The second-order valence-electron chi connectivity index (χ2n) is 5.27. The van der Waals surface area contributed by atoms with Gasteiger partial charge in [-0.1, -0.05) is 44.5 Å². The summed E-state index contributed by atoms with van der Waals surface area (Å²) in [5.74, 6) is 2.21. The molecule has 0 aromatic heterocycles. The van der Waals surface area contributed by atoms with Crippen molar-refractivity contribution in [1.29, 1.82) is 0 Å². The Morgan fingerprint density at radius 3 is 1.86 bits per heavy atom. The molecule has 2 rings (SSSR count). The lowest BCUT2D eigenvalue weighted by Gasteiger charge is -2.14. The summed E-state index contributed by atoms with van der Waals surface area (Å²) in [4.78, 5) is 0. The number of hydrogen-bond donors (Lipinski definition) is 0. The van der Waals surface area contributed by atoms with Crippen LogP contribution in [-0.4, -0.2) is 13.7 Å². The number of methoxy groups -OCH3 is 1. The van der Waals surface area contributed by atoms with E-state index in [0.717, 1.165) is 30.9 Å². The predicted molar refractivity (Wildman–Crippen MR) is 87.4 cm³/mol. The van der Waals surface area contributed by atoms with Gasteiger partial charge in [0.25, 0.3) is 0 Å².